The Balaban J connectivity index is 2.09. The van der Waals surface area contributed by atoms with Crippen LogP contribution >= 0.6 is 11.3 Å². The maximum Gasteiger partial charge on any atom is 0.172 e. The molecular weight excluding hydrogens is 230 g/mol. The van der Waals surface area contributed by atoms with Crippen molar-refractivity contribution in [1.29, 1.82) is 0 Å². The molecule has 1 saturated carbocycles. The Morgan fingerprint density at radius 2 is 2.18 bits per heavy atom. The monoisotopic (exact) mass is 245 g/mol. The summed E-state index contributed by atoms with van der Waals surface area (Å²) >= 11 is 1.71. The van der Waals surface area contributed by atoms with Crippen LogP contribution in [-0.2, 0) is 0 Å². The molecule has 2 heterocycles. The Morgan fingerprint density at radius 1 is 1.35 bits per heavy atom. The van der Waals surface area contributed by atoms with E-state index < -0.39 is 0 Å². The van der Waals surface area contributed by atoms with E-state index in [9.17, 15) is 0 Å². The van der Waals surface area contributed by atoms with Crippen molar-refractivity contribution >= 4 is 17.2 Å². The SMILES string of the molecule is CNc1cc(C2CC2)nc(-c2sccc2C)n1. The third-order valence-electron chi connectivity index (χ3n) is 3.06. The predicted octanol–water partition coefficient (Wildman–Crippen LogP) is 3.43. The number of rotatable bonds is 3. The first kappa shape index (κ1) is 10.7. The molecule has 17 heavy (non-hydrogen) atoms. The lowest BCUT2D eigenvalue weighted by molar-refractivity contribution is 0.996. The lowest BCUT2D eigenvalue weighted by atomic mass is 10.2. The van der Waals surface area contributed by atoms with Gasteiger partial charge in [0.2, 0.25) is 0 Å². The highest BCUT2D eigenvalue weighted by Gasteiger charge is 2.26. The molecule has 0 unspecified atom stereocenters. The Kier molecular flexibility index (Phi) is 2.59. The van der Waals surface area contributed by atoms with Gasteiger partial charge < -0.3 is 5.32 Å². The molecule has 0 aliphatic heterocycles. The molecule has 2 aromatic heterocycles. The van der Waals surface area contributed by atoms with Gasteiger partial charge in [-0.25, -0.2) is 9.97 Å². The molecule has 0 amide bonds. The molecule has 1 N–H and O–H groups in total. The van der Waals surface area contributed by atoms with Crippen molar-refractivity contribution in [2.75, 3.05) is 12.4 Å². The van der Waals surface area contributed by atoms with Crippen LogP contribution < -0.4 is 5.32 Å². The molecular formula is C13H15N3S. The van der Waals surface area contributed by atoms with Crippen molar-refractivity contribution < 1.29 is 0 Å². The molecule has 0 aromatic carbocycles. The average molecular weight is 245 g/mol. The fourth-order valence-electron chi connectivity index (χ4n) is 1.89. The Bertz CT molecular complexity index is 543. The molecule has 4 heteroatoms. The van der Waals surface area contributed by atoms with Gasteiger partial charge in [0.25, 0.3) is 0 Å². The van der Waals surface area contributed by atoms with Gasteiger partial charge in [-0.3, -0.25) is 0 Å². The van der Waals surface area contributed by atoms with Crippen LogP contribution in [0.5, 0.6) is 0 Å². The maximum atomic E-state index is 4.71. The van der Waals surface area contributed by atoms with Gasteiger partial charge in [-0.15, -0.1) is 11.3 Å². The van der Waals surface area contributed by atoms with Crippen molar-refractivity contribution in [3.05, 3.63) is 28.8 Å². The largest absolute Gasteiger partial charge is 0.373 e. The number of thiophene rings is 1. The van der Waals surface area contributed by atoms with Crippen LogP contribution in [0.25, 0.3) is 10.7 Å². The highest BCUT2D eigenvalue weighted by atomic mass is 32.1. The first-order valence-electron chi connectivity index (χ1n) is 5.89. The van der Waals surface area contributed by atoms with E-state index in [0.29, 0.717) is 5.92 Å². The molecule has 2 aromatic rings. The van der Waals surface area contributed by atoms with Crippen molar-refractivity contribution in [1.82, 2.24) is 9.97 Å². The molecule has 0 saturated heterocycles. The molecule has 3 rings (SSSR count). The van der Waals surface area contributed by atoms with Gasteiger partial charge in [-0.05, 0) is 36.8 Å². The molecule has 88 valence electrons. The summed E-state index contributed by atoms with van der Waals surface area (Å²) in [6.45, 7) is 2.11. The van der Waals surface area contributed by atoms with Gasteiger partial charge in [0.05, 0.1) is 4.88 Å². The zero-order valence-electron chi connectivity index (χ0n) is 10.0. The van der Waals surface area contributed by atoms with Crippen molar-refractivity contribution in [3.8, 4) is 10.7 Å². The van der Waals surface area contributed by atoms with Gasteiger partial charge in [-0.2, -0.15) is 0 Å². The van der Waals surface area contributed by atoms with Crippen LogP contribution in [0.1, 0.15) is 30.0 Å². The summed E-state index contributed by atoms with van der Waals surface area (Å²) in [6.07, 6.45) is 2.53. The zero-order chi connectivity index (χ0) is 11.8. The predicted molar refractivity (Wildman–Crippen MR) is 71.6 cm³/mol. The first-order valence-corrected chi connectivity index (χ1v) is 6.77. The van der Waals surface area contributed by atoms with E-state index in [4.69, 9.17) is 4.98 Å². The van der Waals surface area contributed by atoms with E-state index in [0.717, 1.165) is 11.6 Å². The van der Waals surface area contributed by atoms with E-state index in [1.165, 1.54) is 29.0 Å². The van der Waals surface area contributed by atoms with Gasteiger partial charge in [0.1, 0.15) is 5.82 Å². The number of aromatic nitrogens is 2. The minimum absolute atomic E-state index is 0.657. The van der Waals surface area contributed by atoms with Crippen molar-refractivity contribution in [2.24, 2.45) is 0 Å². The third kappa shape index (κ3) is 2.05. The summed E-state index contributed by atoms with van der Waals surface area (Å²) in [7, 11) is 1.91. The minimum Gasteiger partial charge on any atom is -0.373 e. The quantitative estimate of drug-likeness (QED) is 0.900. The normalized spacial score (nSPS) is 14.9. The number of hydrogen-bond acceptors (Lipinski definition) is 4. The van der Waals surface area contributed by atoms with Crippen LogP contribution in [0, 0.1) is 6.92 Å². The fourth-order valence-corrected chi connectivity index (χ4v) is 2.74. The van der Waals surface area contributed by atoms with E-state index >= 15 is 0 Å². The van der Waals surface area contributed by atoms with Gasteiger partial charge in [0.15, 0.2) is 5.82 Å². The summed E-state index contributed by atoms with van der Waals surface area (Å²) in [4.78, 5) is 10.4. The van der Waals surface area contributed by atoms with Crippen LogP contribution in [0.4, 0.5) is 5.82 Å². The van der Waals surface area contributed by atoms with E-state index in [2.05, 4.69) is 34.7 Å². The topological polar surface area (TPSA) is 37.8 Å². The Morgan fingerprint density at radius 3 is 2.76 bits per heavy atom. The summed E-state index contributed by atoms with van der Waals surface area (Å²) in [5, 5.41) is 5.22. The lowest BCUT2D eigenvalue weighted by Crippen LogP contribution is -1.99. The number of aryl methyl sites for hydroxylation is 1. The summed E-state index contributed by atoms with van der Waals surface area (Å²) < 4.78 is 0. The maximum absolute atomic E-state index is 4.71. The van der Waals surface area contributed by atoms with E-state index in [1.54, 1.807) is 11.3 Å². The highest BCUT2D eigenvalue weighted by molar-refractivity contribution is 7.13. The minimum atomic E-state index is 0.657. The lowest BCUT2D eigenvalue weighted by Gasteiger charge is -2.06. The standard InChI is InChI=1S/C13H15N3S/c1-8-5-6-17-12(8)13-15-10(9-3-4-9)7-11(14-2)16-13/h5-7,9H,3-4H2,1-2H3,(H,14,15,16). The number of anilines is 1. The molecule has 0 radical (unpaired) electrons. The Labute approximate surface area is 105 Å². The Hall–Kier alpha value is -1.42. The van der Waals surface area contributed by atoms with E-state index in [-0.39, 0.29) is 0 Å². The van der Waals surface area contributed by atoms with Gasteiger partial charge >= 0.3 is 0 Å². The third-order valence-corrected chi connectivity index (χ3v) is 4.08. The molecule has 1 aliphatic carbocycles. The smallest absolute Gasteiger partial charge is 0.172 e. The summed E-state index contributed by atoms with van der Waals surface area (Å²) in [5.74, 6) is 2.44. The second-order valence-corrected chi connectivity index (χ2v) is 5.37. The molecule has 3 nitrogen and oxygen atoms in total. The van der Waals surface area contributed by atoms with Crippen molar-refractivity contribution in [2.45, 2.75) is 25.7 Å². The zero-order valence-corrected chi connectivity index (χ0v) is 10.8. The van der Waals surface area contributed by atoms with Crippen molar-refractivity contribution in [3.63, 3.8) is 0 Å². The number of nitrogens with one attached hydrogen (secondary N) is 1. The molecule has 1 aliphatic rings. The first-order chi connectivity index (χ1) is 8.28. The average Bonchev–Trinajstić information content (AvgIpc) is 3.11. The number of nitrogens with zero attached hydrogens (tertiary/aromatic N) is 2. The highest BCUT2D eigenvalue weighted by Crippen LogP contribution is 2.40. The van der Waals surface area contributed by atoms with Gasteiger partial charge in [0, 0.05) is 24.7 Å². The molecule has 0 bridgehead atoms. The van der Waals surface area contributed by atoms with Crippen LogP contribution in [0.15, 0.2) is 17.5 Å². The molecule has 0 atom stereocenters. The van der Waals surface area contributed by atoms with Crippen LogP contribution in [0.2, 0.25) is 0 Å². The second kappa shape index (κ2) is 4.11. The van der Waals surface area contributed by atoms with E-state index in [1.807, 2.05) is 7.05 Å². The van der Waals surface area contributed by atoms with Gasteiger partial charge in [-0.1, -0.05) is 0 Å². The number of hydrogen-bond donors (Lipinski definition) is 1. The summed E-state index contributed by atoms with van der Waals surface area (Å²) in [5.41, 5.74) is 2.44. The molecule has 0 spiro atoms. The van der Waals surface area contributed by atoms with Crippen LogP contribution in [-0.4, -0.2) is 17.0 Å². The molecule has 1 fully saturated rings. The van der Waals surface area contributed by atoms with Crippen LogP contribution in [0.3, 0.4) is 0 Å². The second-order valence-electron chi connectivity index (χ2n) is 4.46. The summed E-state index contributed by atoms with van der Waals surface area (Å²) in [6, 6.07) is 4.19. The fraction of sp³-hybridized carbons (Fsp3) is 0.385.